The Kier molecular flexibility index (Phi) is 2.77. The van der Waals surface area contributed by atoms with Crippen LogP contribution in [0.2, 0.25) is 0 Å². The number of hydrogen-bond donors (Lipinski definition) is 0. The van der Waals surface area contributed by atoms with Crippen molar-refractivity contribution in [1.82, 2.24) is 4.98 Å². The Labute approximate surface area is 156 Å². The van der Waals surface area contributed by atoms with Crippen LogP contribution in [0, 0.1) is 35.5 Å². The summed E-state index contributed by atoms with van der Waals surface area (Å²) in [7, 11) is 0. The maximum absolute atomic E-state index is 5.51. The van der Waals surface area contributed by atoms with Crippen LogP contribution in [0.1, 0.15) is 87.8 Å². The summed E-state index contributed by atoms with van der Waals surface area (Å²) in [5.74, 6) is 6.23. The predicted molar refractivity (Wildman–Crippen MR) is 102 cm³/mol. The second-order valence-electron chi connectivity index (χ2n) is 11.4. The molecule has 0 aliphatic heterocycles. The van der Waals surface area contributed by atoms with Crippen LogP contribution in [0.25, 0.3) is 0 Å². The molecule has 9 rings (SSSR count). The van der Waals surface area contributed by atoms with Crippen molar-refractivity contribution in [2.75, 3.05) is 0 Å². The van der Waals surface area contributed by atoms with E-state index in [1.807, 2.05) is 0 Å². The maximum Gasteiger partial charge on any atom is 0.0990 e. The molecule has 25 heavy (non-hydrogen) atoms. The van der Waals surface area contributed by atoms with Crippen LogP contribution in [-0.2, 0) is 10.8 Å². The zero-order valence-corrected chi connectivity index (χ0v) is 16.2. The lowest BCUT2D eigenvalue weighted by Gasteiger charge is -2.57. The molecule has 134 valence electrons. The molecule has 0 spiro atoms. The van der Waals surface area contributed by atoms with E-state index < -0.39 is 0 Å². The minimum atomic E-state index is 0.506. The summed E-state index contributed by atoms with van der Waals surface area (Å²) in [6.45, 7) is 0. The lowest BCUT2D eigenvalue weighted by Crippen LogP contribution is -2.49. The van der Waals surface area contributed by atoms with E-state index in [9.17, 15) is 0 Å². The molecule has 0 radical (unpaired) electrons. The zero-order chi connectivity index (χ0) is 16.2. The van der Waals surface area contributed by atoms with Crippen LogP contribution in [0.3, 0.4) is 0 Å². The summed E-state index contributed by atoms with van der Waals surface area (Å²) >= 11 is 2.08. The van der Waals surface area contributed by atoms with Crippen LogP contribution < -0.4 is 0 Å². The molecule has 0 amide bonds. The highest BCUT2D eigenvalue weighted by molar-refractivity contribution is 7.09. The van der Waals surface area contributed by atoms with E-state index in [2.05, 4.69) is 16.7 Å². The molecular formula is C23H31NS. The van der Waals surface area contributed by atoms with Gasteiger partial charge >= 0.3 is 0 Å². The van der Waals surface area contributed by atoms with Crippen LogP contribution in [0.5, 0.6) is 0 Å². The lowest BCUT2D eigenvalue weighted by atomic mass is 9.48. The topological polar surface area (TPSA) is 12.9 Å². The molecule has 0 atom stereocenters. The molecule has 0 unspecified atom stereocenters. The number of rotatable bonds is 2. The molecule has 1 aromatic rings. The fourth-order valence-electron chi connectivity index (χ4n) is 9.56. The van der Waals surface area contributed by atoms with Gasteiger partial charge in [0.05, 0.1) is 10.7 Å². The van der Waals surface area contributed by atoms with Crippen LogP contribution in [-0.4, -0.2) is 4.98 Å². The molecule has 8 saturated carbocycles. The van der Waals surface area contributed by atoms with E-state index in [1.54, 1.807) is 49.2 Å². The van der Waals surface area contributed by atoms with Gasteiger partial charge in [-0.2, -0.15) is 0 Å². The molecule has 8 fully saturated rings. The normalized spacial score (nSPS) is 55.2. The first-order valence-corrected chi connectivity index (χ1v) is 12.0. The lowest BCUT2D eigenvalue weighted by molar-refractivity contribution is -0.0105. The van der Waals surface area contributed by atoms with Gasteiger partial charge in [-0.1, -0.05) is 0 Å². The molecule has 8 bridgehead atoms. The van der Waals surface area contributed by atoms with Crippen molar-refractivity contribution in [1.29, 1.82) is 0 Å². The zero-order valence-electron chi connectivity index (χ0n) is 15.4. The van der Waals surface area contributed by atoms with Gasteiger partial charge in [0.2, 0.25) is 0 Å². The molecule has 1 heterocycles. The van der Waals surface area contributed by atoms with Gasteiger partial charge in [-0.3, -0.25) is 0 Å². The van der Waals surface area contributed by atoms with E-state index in [0.717, 1.165) is 35.5 Å². The van der Waals surface area contributed by atoms with Crippen molar-refractivity contribution in [3.8, 4) is 0 Å². The molecular weight excluding hydrogens is 322 g/mol. The van der Waals surface area contributed by atoms with Gasteiger partial charge in [0.1, 0.15) is 0 Å². The molecule has 1 nitrogen and oxygen atoms in total. The average Bonchev–Trinajstić information content (AvgIpc) is 3.04. The quantitative estimate of drug-likeness (QED) is 0.628. The molecule has 0 saturated heterocycles. The third-order valence-corrected chi connectivity index (χ3v) is 10.7. The average molecular weight is 354 g/mol. The van der Waals surface area contributed by atoms with E-state index in [0.29, 0.717) is 10.8 Å². The number of nitrogens with zero attached hydrogens (tertiary/aromatic N) is 1. The first-order chi connectivity index (χ1) is 12.2. The first kappa shape index (κ1) is 14.7. The molecule has 2 heteroatoms. The summed E-state index contributed by atoms with van der Waals surface area (Å²) < 4.78 is 0. The Morgan fingerprint density at radius 2 is 1.04 bits per heavy atom. The Bertz CT molecular complexity index is 586. The van der Waals surface area contributed by atoms with Crippen molar-refractivity contribution >= 4 is 11.3 Å². The molecule has 0 aromatic carbocycles. The smallest absolute Gasteiger partial charge is 0.0990 e. The minimum absolute atomic E-state index is 0.506. The third-order valence-electron chi connectivity index (χ3n) is 9.58. The first-order valence-electron chi connectivity index (χ1n) is 11.1. The highest BCUT2D eigenvalue weighted by atomic mass is 32.1. The van der Waals surface area contributed by atoms with Gasteiger partial charge in [-0.15, -0.1) is 11.3 Å². The van der Waals surface area contributed by atoms with Crippen molar-refractivity contribution in [3.63, 3.8) is 0 Å². The molecule has 0 N–H and O–H groups in total. The van der Waals surface area contributed by atoms with Crippen molar-refractivity contribution in [2.24, 2.45) is 35.5 Å². The summed E-state index contributed by atoms with van der Waals surface area (Å²) in [6.07, 6.45) is 18.1. The highest BCUT2D eigenvalue weighted by Crippen LogP contribution is 2.63. The number of hydrogen-bond acceptors (Lipinski definition) is 2. The van der Waals surface area contributed by atoms with Crippen molar-refractivity contribution < 1.29 is 0 Å². The van der Waals surface area contributed by atoms with Crippen LogP contribution in [0.4, 0.5) is 0 Å². The fourth-order valence-corrected chi connectivity index (χ4v) is 10.7. The SMILES string of the molecule is c1sc(C23CC4CC(CC(C4)C2)C3)nc1C12CC3CC(CC(C3)C1)C2. The van der Waals surface area contributed by atoms with Crippen molar-refractivity contribution in [2.45, 2.75) is 87.9 Å². The Morgan fingerprint density at radius 3 is 1.48 bits per heavy atom. The molecule has 1 aromatic heterocycles. The molecule has 8 aliphatic carbocycles. The Morgan fingerprint density at radius 1 is 0.640 bits per heavy atom. The fraction of sp³-hybridized carbons (Fsp3) is 0.870. The van der Waals surface area contributed by atoms with Gasteiger partial charge < -0.3 is 0 Å². The van der Waals surface area contributed by atoms with Gasteiger partial charge in [0.15, 0.2) is 0 Å². The predicted octanol–water partition coefficient (Wildman–Crippen LogP) is 6.08. The molecule has 8 aliphatic rings. The maximum atomic E-state index is 5.51. The van der Waals surface area contributed by atoms with Gasteiger partial charge in [-0.05, 0) is 113 Å². The largest absolute Gasteiger partial charge is 0.245 e. The Hall–Kier alpha value is -0.370. The van der Waals surface area contributed by atoms with E-state index >= 15 is 0 Å². The Balaban J connectivity index is 1.25. The standard InChI is InChI=1S/C23H31NS/c1-14-2-16-3-15(1)8-22(7-14,9-16)20-13-25-21(24-20)23-10-17-4-18(11-23)6-19(5-17)12-23/h13-19H,1-12H2. The van der Waals surface area contributed by atoms with E-state index in [-0.39, 0.29) is 0 Å². The highest BCUT2D eigenvalue weighted by Gasteiger charge is 2.55. The van der Waals surface area contributed by atoms with Gasteiger partial charge in [0, 0.05) is 16.2 Å². The second kappa shape index (κ2) is 4.72. The van der Waals surface area contributed by atoms with E-state index in [1.165, 1.54) is 38.5 Å². The van der Waals surface area contributed by atoms with Gasteiger partial charge in [0.25, 0.3) is 0 Å². The third kappa shape index (κ3) is 1.98. The summed E-state index contributed by atoms with van der Waals surface area (Å²) in [4.78, 5) is 5.51. The second-order valence-corrected chi connectivity index (χ2v) is 12.3. The summed E-state index contributed by atoms with van der Waals surface area (Å²) in [5, 5.41) is 4.12. The van der Waals surface area contributed by atoms with Crippen LogP contribution in [0.15, 0.2) is 5.38 Å². The van der Waals surface area contributed by atoms with Gasteiger partial charge in [-0.25, -0.2) is 4.98 Å². The van der Waals surface area contributed by atoms with E-state index in [4.69, 9.17) is 4.98 Å². The number of aromatic nitrogens is 1. The minimum Gasteiger partial charge on any atom is -0.245 e. The monoisotopic (exact) mass is 353 g/mol. The summed E-state index contributed by atoms with van der Waals surface area (Å²) in [6, 6.07) is 0. The number of thiazole rings is 1. The van der Waals surface area contributed by atoms with Crippen LogP contribution >= 0.6 is 11.3 Å². The summed E-state index contributed by atoms with van der Waals surface area (Å²) in [5.41, 5.74) is 2.58. The van der Waals surface area contributed by atoms with Crippen molar-refractivity contribution in [3.05, 3.63) is 16.1 Å².